The molecule has 0 radical (unpaired) electrons. The number of fused-ring (bicyclic) bond motifs is 1. The number of benzene rings is 1. The van der Waals surface area contributed by atoms with Crippen molar-refractivity contribution in [3.8, 4) is 0 Å². The maximum absolute atomic E-state index is 12.8. The average molecular weight is 404 g/mol. The first-order valence-corrected chi connectivity index (χ1v) is 8.84. The van der Waals surface area contributed by atoms with Crippen LogP contribution in [0.5, 0.6) is 0 Å². The number of anilines is 1. The predicted octanol–water partition coefficient (Wildman–Crippen LogP) is 2.62. The van der Waals surface area contributed by atoms with E-state index in [2.05, 4.69) is 36.2 Å². The van der Waals surface area contributed by atoms with Crippen LogP contribution in [0.25, 0.3) is 0 Å². The highest BCUT2D eigenvalue weighted by Crippen LogP contribution is 2.57. The zero-order chi connectivity index (χ0) is 17.4. The third-order valence-electron chi connectivity index (χ3n) is 5.99. The Morgan fingerprint density at radius 1 is 1.31 bits per heavy atom. The van der Waals surface area contributed by atoms with Crippen LogP contribution in [0.4, 0.5) is 5.69 Å². The topological polar surface area (TPSA) is 67.6 Å². The highest BCUT2D eigenvalue weighted by Gasteiger charge is 2.70. The highest BCUT2D eigenvalue weighted by atomic mass is 35.5. The Hall–Kier alpha value is -1.01. The van der Waals surface area contributed by atoms with Crippen molar-refractivity contribution in [3.63, 3.8) is 0 Å². The summed E-state index contributed by atoms with van der Waals surface area (Å²) >= 11 is 0. The van der Waals surface area contributed by atoms with Crippen molar-refractivity contribution in [1.29, 1.82) is 0 Å². The molecule has 0 bridgehead atoms. The molecule has 1 aliphatic heterocycles. The molecule has 3 atom stereocenters. The van der Waals surface area contributed by atoms with E-state index in [9.17, 15) is 4.79 Å². The molecule has 7 heteroatoms. The van der Waals surface area contributed by atoms with Gasteiger partial charge in [0.1, 0.15) is 5.54 Å². The molecule has 3 rings (SSSR count). The predicted molar refractivity (Wildman–Crippen MR) is 110 cm³/mol. The van der Waals surface area contributed by atoms with Gasteiger partial charge in [-0.1, -0.05) is 32.0 Å². The highest BCUT2D eigenvalue weighted by molar-refractivity contribution is 5.89. The monoisotopic (exact) mass is 403 g/mol. The summed E-state index contributed by atoms with van der Waals surface area (Å²) in [6.07, 6.45) is 2.07. The van der Waals surface area contributed by atoms with Gasteiger partial charge in [0.2, 0.25) is 5.91 Å². The zero-order valence-corrected chi connectivity index (χ0v) is 17.4. The fraction of sp³-hybridized carbons (Fsp3) is 0.632. The zero-order valence-electron chi connectivity index (χ0n) is 15.7. The molecule has 1 heterocycles. The number of ether oxygens (including phenoxy) is 1. The van der Waals surface area contributed by atoms with Gasteiger partial charge in [-0.15, -0.1) is 24.8 Å². The first-order chi connectivity index (χ1) is 11.4. The van der Waals surface area contributed by atoms with Crippen molar-refractivity contribution >= 4 is 36.4 Å². The van der Waals surface area contributed by atoms with Gasteiger partial charge in [-0.05, 0) is 25.0 Å². The number of carbonyl (C=O) groups excluding carboxylic acids is 1. The smallest absolute Gasteiger partial charge is 0.241 e. The summed E-state index contributed by atoms with van der Waals surface area (Å²) in [7, 11) is 2.03. The van der Waals surface area contributed by atoms with Gasteiger partial charge in [-0.2, -0.15) is 0 Å². The van der Waals surface area contributed by atoms with Crippen molar-refractivity contribution in [2.24, 2.45) is 17.1 Å². The number of nitrogens with two attached hydrogens (primary N) is 1. The van der Waals surface area contributed by atoms with Crippen LogP contribution in [0.2, 0.25) is 0 Å². The summed E-state index contributed by atoms with van der Waals surface area (Å²) < 4.78 is 5.87. The van der Waals surface area contributed by atoms with Gasteiger partial charge in [-0.25, -0.2) is 0 Å². The molecule has 1 saturated heterocycles. The Morgan fingerprint density at radius 2 is 1.96 bits per heavy atom. The number of hydrogen-bond donors (Lipinski definition) is 2. The van der Waals surface area contributed by atoms with E-state index in [0.717, 1.165) is 31.7 Å². The summed E-state index contributed by atoms with van der Waals surface area (Å²) in [5, 5.41) is 3.05. The summed E-state index contributed by atoms with van der Waals surface area (Å²) in [6, 6.07) is 10.1. The Labute approximate surface area is 168 Å². The maximum Gasteiger partial charge on any atom is 0.241 e. The van der Waals surface area contributed by atoms with Crippen LogP contribution in [-0.4, -0.2) is 44.3 Å². The quantitative estimate of drug-likeness (QED) is 0.792. The van der Waals surface area contributed by atoms with E-state index in [-0.39, 0.29) is 48.2 Å². The minimum absolute atomic E-state index is 0. The third-order valence-corrected chi connectivity index (χ3v) is 5.99. The van der Waals surface area contributed by atoms with Crippen molar-refractivity contribution < 1.29 is 9.53 Å². The number of hydrogen-bond acceptors (Lipinski definition) is 4. The first-order valence-electron chi connectivity index (χ1n) is 8.84. The van der Waals surface area contributed by atoms with Crippen molar-refractivity contribution in [3.05, 3.63) is 30.3 Å². The molecule has 148 valence electrons. The number of likely N-dealkylation sites (N-methyl/N-ethyl adjacent to an activating group) is 1. The fourth-order valence-corrected chi connectivity index (χ4v) is 4.33. The van der Waals surface area contributed by atoms with E-state index < -0.39 is 5.54 Å². The molecule has 2 aliphatic rings. The van der Waals surface area contributed by atoms with Gasteiger partial charge in [0.25, 0.3) is 0 Å². The van der Waals surface area contributed by atoms with E-state index in [1.807, 2.05) is 25.2 Å². The molecule has 0 aromatic heterocycles. The molecule has 26 heavy (non-hydrogen) atoms. The van der Waals surface area contributed by atoms with E-state index in [4.69, 9.17) is 10.5 Å². The Morgan fingerprint density at radius 3 is 2.62 bits per heavy atom. The van der Waals surface area contributed by atoms with Gasteiger partial charge < -0.3 is 20.7 Å². The largest absolute Gasteiger partial charge is 0.377 e. The van der Waals surface area contributed by atoms with Crippen LogP contribution >= 0.6 is 24.8 Å². The molecule has 3 unspecified atom stereocenters. The second-order valence-corrected chi connectivity index (χ2v) is 7.64. The molecule has 1 amide bonds. The molecule has 2 fully saturated rings. The second kappa shape index (κ2) is 8.79. The van der Waals surface area contributed by atoms with E-state index in [1.54, 1.807) is 0 Å². The van der Waals surface area contributed by atoms with Crippen LogP contribution in [0.3, 0.4) is 0 Å². The van der Waals surface area contributed by atoms with Crippen molar-refractivity contribution in [2.75, 3.05) is 31.6 Å². The van der Waals surface area contributed by atoms with E-state index in [1.165, 1.54) is 0 Å². The number of amides is 1. The third kappa shape index (κ3) is 3.68. The fourth-order valence-electron chi connectivity index (χ4n) is 4.33. The maximum atomic E-state index is 12.8. The number of halogens is 2. The minimum atomic E-state index is -0.830. The van der Waals surface area contributed by atoms with Gasteiger partial charge in [0.15, 0.2) is 0 Å². The molecule has 1 aromatic rings. The van der Waals surface area contributed by atoms with Gasteiger partial charge in [0.05, 0.1) is 6.10 Å². The number of carbonyl (C=O) groups is 1. The van der Waals surface area contributed by atoms with Crippen LogP contribution < -0.4 is 16.0 Å². The number of para-hydroxylation sites is 1. The van der Waals surface area contributed by atoms with Crippen LogP contribution in [0, 0.1) is 11.3 Å². The second-order valence-electron chi connectivity index (χ2n) is 7.64. The summed E-state index contributed by atoms with van der Waals surface area (Å²) in [5.74, 6) is 0.0915. The van der Waals surface area contributed by atoms with E-state index >= 15 is 0 Å². The normalized spacial score (nSPS) is 28.5. The lowest BCUT2D eigenvalue weighted by atomic mass is 9.46. The number of nitrogens with one attached hydrogen (secondary N) is 1. The molecule has 1 saturated carbocycles. The van der Waals surface area contributed by atoms with Gasteiger partial charge in [0, 0.05) is 43.8 Å². The molecule has 1 aromatic carbocycles. The van der Waals surface area contributed by atoms with Crippen LogP contribution in [0.15, 0.2) is 30.3 Å². The molecule has 1 aliphatic carbocycles. The SMILES string of the molecule is CN(CCNC(=O)C1(N)C2CCCOC2C1(C)C)c1ccccc1.Cl.Cl. The standard InChI is InChI=1S/C19H29N3O2.2ClH/c1-18(2)16-15(10-7-13-24-16)19(18,20)17(23)21-11-12-22(3)14-8-5-4-6-9-14;;/h4-6,8-9,15-16H,7,10-13,20H2,1-3H3,(H,21,23);2*1H. The minimum Gasteiger partial charge on any atom is -0.377 e. The lowest BCUT2D eigenvalue weighted by Gasteiger charge is -2.65. The van der Waals surface area contributed by atoms with Crippen LogP contribution in [0.1, 0.15) is 26.7 Å². The Kier molecular flexibility index (Phi) is 7.78. The molecule has 5 nitrogen and oxygen atoms in total. The molecule has 3 N–H and O–H groups in total. The van der Waals surface area contributed by atoms with Crippen LogP contribution in [-0.2, 0) is 9.53 Å². The first kappa shape index (κ1) is 23.0. The van der Waals surface area contributed by atoms with Gasteiger partial charge in [-0.3, -0.25) is 4.79 Å². The van der Waals surface area contributed by atoms with Crippen molar-refractivity contribution in [2.45, 2.75) is 38.3 Å². The summed E-state index contributed by atoms with van der Waals surface area (Å²) in [5.41, 5.74) is 6.58. The number of rotatable bonds is 5. The summed E-state index contributed by atoms with van der Waals surface area (Å²) in [6.45, 7) is 6.21. The average Bonchev–Trinajstić information content (AvgIpc) is 2.61. The molecular formula is C19H31Cl2N3O2. The summed E-state index contributed by atoms with van der Waals surface area (Å²) in [4.78, 5) is 15.0. The Balaban J connectivity index is 0.00000169. The lowest BCUT2D eigenvalue weighted by molar-refractivity contribution is -0.225. The van der Waals surface area contributed by atoms with Gasteiger partial charge >= 0.3 is 0 Å². The molecular weight excluding hydrogens is 373 g/mol. The Bertz CT molecular complexity index is 600. The van der Waals surface area contributed by atoms with E-state index in [0.29, 0.717) is 6.54 Å². The molecule has 0 spiro atoms. The van der Waals surface area contributed by atoms with Crippen molar-refractivity contribution in [1.82, 2.24) is 5.32 Å². The lowest BCUT2D eigenvalue weighted by Crippen LogP contribution is -2.82. The number of nitrogens with zero attached hydrogens (tertiary/aromatic N) is 1.